The molecule has 0 aliphatic rings. The second kappa shape index (κ2) is 6.17. The molecule has 3 heteroatoms. The standard InChI is InChI=1S/C15H12O2S/c16-14(13-9-5-2-6-10-13)15(17)18-11-12-7-3-1-4-8-12/h1-10H,11H2. The van der Waals surface area contributed by atoms with E-state index in [1.54, 1.807) is 24.3 Å². The summed E-state index contributed by atoms with van der Waals surface area (Å²) in [7, 11) is 0. The van der Waals surface area contributed by atoms with Crippen molar-refractivity contribution >= 4 is 22.7 Å². The summed E-state index contributed by atoms with van der Waals surface area (Å²) in [6.45, 7) is 0. The molecule has 2 nitrogen and oxygen atoms in total. The van der Waals surface area contributed by atoms with E-state index in [0.29, 0.717) is 11.3 Å². The molecule has 0 radical (unpaired) electrons. The van der Waals surface area contributed by atoms with E-state index in [9.17, 15) is 9.59 Å². The van der Waals surface area contributed by atoms with Crippen LogP contribution in [-0.2, 0) is 10.5 Å². The van der Waals surface area contributed by atoms with Crippen LogP contribution in [-0.4, -0.2) is 10.9 Å². The highest BCUT2D eigenvalue weighted by molar-refractivity contribution is 8.14. The summed E-state index contributed by atoms with van der Waals surface area (Å²) in [6, 6.07) is 18.3. The number of thioether (sulfide) groups is 1. The van der Waals surface area contributed by atoms with Gasteiger partial charge in [0.15, 0.2) is 0 Å². The van der Waals surface area contributed by atoms with Crippen molar-refractivity contribution in [3.05, 3.63) is 71.8 Å². The molecule has 0 amide bonds. The Morgan fingerprint density at radius 3 is 2.00 bits per heavy atom. The third-order valence-corrected chi connectivity index (χ3v) is 3.36. The van der Waals surface area contributed by atoms with E-state index < -0.39 is 10.9 Å². The monoisotopic (exact) mass is 256 g/mol. The first-order valence-electron chi connectivity index (χ1n) is 5.58. The van der Waals surface area contributed by atoms with Gasteiger partial charge in [-0.1, -0.05) is 72.4 Å². The summed E-state index contributed by atoms with van der Waals surface area (Å²) in [5.41, 5.74) is 1.49. The van der Waals surface area contributed by atoms with Gasteiger partial charge in [0.1, 0.15) is 0 Å². The van der Waals surface area contributed by atoms with Crippen LogP contribution in [0.3, 0.4) is 0 Å². The molecule has 0 saturated heterocycles. The average molecular weight is 256 g/mol. The average Bonchev–Trinajstić information content (AvgIpc) is 2.46. The fraction of sp³-hybridized carbons (Fsp3) is 0.0667. The first-order valence-corrected chi connectivity index (χ1v) is 6.56. The van der Waals surface area contributed by atoms with E-state index in [2.05, 4.69) is 0 Å². The van der Waals surface area contributed by atoms with Crippen molar-refractivity contribution in [2.75, 3.05) is 0 Å². The molecule has 0 spiro atoms. The van der Waals surface area contributed by atoms with Gasteiger partial charge < -0.3 is 0 Å². The number of hydrogen-bond donors (Lipinski definition) is 0. The molecule has 0 heterocycles. The number of benzene rings is 2. The zero-order valence-corrected chi connectivity index (χ0v) is 10.5. The Morgan fingerprint density at radius 1 is 0.833 bits per heavy atom. The molecule has 0 aliphatic carbocycles. The first-order chi connectivity index (χ1) is 8.77. The fourth-order valence-corrected chi connectivity index (χ4v) is 2.24. The number of Topliss-reactive ketones (excluding diaryl/α,β-unsaturated/α-hetero) is 1. The van der Waals surface area contributed by atoms with Gasteiger partial charge in [-0.15, -0.1) is 0 Å². The highest BCUT2D eigenvalue weighted by atomic mass is 32.2. The van der Waals surface area contributed by atoms with Gasteiger partial charge in [0.05, 0.1) is 0 Å². The molecular formula is C15H12O2S. The lowest BCUT2D eigenvalue weighted by Gasteiger charge is -2.00. The van der Waals surface area contributed by atoms with Crippen molar-refractivity contribution in [3.8, 4) is 0 Å². The van der Waals surface area contributed by atoms with Gasteiger partial charge in [0, 0.05) is 11.3 Å². The Hall–Kier alpha value is -1.87. The summed E-state index contributed by atoms with van der Waals surface area (Å²) in [5.74, 6) is 0.0923. The zero-order valence-electron chi connectivity index (χ0n) is 9.71. The number of ketones is 1. The Labute approximate surface area is 110 Å². The van der Waals surface area contributed by atoms with Crippen molar-refractivity contribution in [1.82, 2.24) is 0 Å². The Morgan fingerprint density at radius 2 is 1.39 bits per heavy atom. The highest BCUT2D eigenvalue weighted by Gasteiger charge is 2.16. The summed E-state index contributed by atoms with van der Waals surface area (Å²) >= 11 is 1.04. The van der Waals surface area contributed by atoms with E-state index in [1.807, 2.05) is 36.4 Å². The number of carbonyl (C=O) groups is 2. The third kappa shape index (κ3) is 3.31. The predicted octanol–water partition coefficient (Wildman–Crippen LogP) is 3.33. The van der Waals surface area contributed by atoms with Crippen LogP contribution < -0.4 is 0 Å². The lowest BCUT2D eigenvalue weighted by molar-refractivity contribution is -0.107. The Bertz CT molecular complexity index is 535. The molecule has 0 saturated carbocycles. The largest absolute Gasteiger partial charge is 0.284 e. The predicted molar refractivity (Wildman–Crippen MR) is 73.5 cm³/mol. The van der Waals surface area contributed by atoms with Gasteiger partial charge in [0.2, 0.25) is 5.78 Å². The van der Waals surface area contributed by atoms with Gasteiger partial charge in [0.25, 0.3) is 5.12 Å². The zero-order chi connectivity index (χ0) is 12.8. The maximum absolute atomic E-state index is 11.8. The topological polar surface area (TPSA) is 34.1 Å². The smallest absolute Gasteiger partial charge is 0.260 e. The minimum absolute atomic E-state index is 0.412. The molecule has 0 N–H and O–H groups in total. The molecule has 0 unspecified atom stereocenters. The maximum atomic E-state index is 11.8. The van der Waals surface area contributed by atoms with E-state index in [-0.39, 0.29) is 0 Å². The molecule has 0 aromatic heterocycles. The van der Waals surface area contributed by atoms with Crippen LogP contribution in [0.2, 0.25) is 0 Å². The molecule has 2 aromatic rings. The molecule has 0 aliphatic heterocycles. The summed E-state index contributed by atoms with van der Waals surface area (Å²) in [6.07, 6.45) is 0. The van der Waals surface area contributed by atoms with Crippen LogP contribution in [0.1, 0.15) is 15.9 Å². The molecule has 0 atom stereocenters. The number of carbonyl (C=O) groups excluding carboxylic acids is 2. The van der Waals surface area contributed by atoms with Crippen LogP contribution in [0.15, 0.2) is 60.7 Å². The fourth-order valence-electron chi connectivity index (χ4n) is 1.50. The quantitative estimate of drug-likeness (QED) is 0.621. The Balaban J connectivity index is 1.95. The van der Waals surface area contributed by atoms with E-state index in [4.69, 9.17) is 0 Å². The van der Waals surface area contributed by atoms with Crippen molar-refractivity contribution in [2.45, 2.75) is 5.75 Å². The maximum Gasteiger partial charge on any atom is 0.260 e. The Kier molecular flexibility index (Phi) is 4.31. The summed E-state index contributed by atoms with van der Waals surface area (Å²) < 4.78 is 0. The van der Waals surface area contributed by atoms with Crippen molar-refractivity contribution in [2.24, 2.45) is 0 Å². The number of hydrogen-bond acceptors (Lipinski definition) is 3. The second-order valence-corrected chi connectivity index (χ2v) is 4.71. The molecular weight excluding hydrogens is 244 g/mol. The van der Waals surface area contributed by atoms with Gasteiger partial charge in [-0.3, -0.25) is 9.59 Å². The molecule has 0 fully saturated rings. The van der Waals surface area contributed by atoms with Crippen LogP contribution in [0.4, 0.5) is 0 Å². The molecule has 18 heavy (non-hydrogen) atoms. The van der Waals surface area contributed by atoms with E-state index in [1.165, 1.54) is 0 Å². The van der Waals surface area contributed by atoms with Crippen molar-refractivity contribution in [3.63, 3.8) is 0 Å². The van der Waals surface area contributed by atoms with Crippen molar-refractivity contribution in [1.29, 1.82) is 0 Å². The molecule has 90 valence electrons. The third-order valence-electron chi connectivity index (χ3n) is 2.43. The summed E-state index contributed by atoms with van der Waals surface area (Å²) in [5, 5.41) is -0.412. The van der Waals surface area contributed by atoms with Gasteiger partial charge in [-0.2, -0.15) is 0 Å². The van der Waals surface area contributed by atoms with Gasteiger partial charge in [-0.25, -0.2) is 0 Å². The highest BCUT2D eigenvalue weighted by Crippen LogP contribution is 2.15. The van der Waals surface area contributed by atoms with Crippen molar-refractivity contribution < 1.29 is 9.59 Å². The molecule has 0 bridgehead atoms. The lowest BCUT2D eigenvalue weighted by Crippen LogP contribution is -2.10. The summed E-state index contributed by atoms with van der Waals surface area (Å²) in [4.78, 5) is 23.5. The van der Waals surface area contributed by atoms with E-state index in [0.717, 1.165) is 17.3 Å². The van der Waals surface area contributed by atoms with Crippen LogP contribution in [0.5, 0.6) is 0 Å². The second-order valence-electron chi connectivity index (χ2n) is 3.76. The minimum atomic E-state index is -0.434. The van der Waals surface area contributed by atoms with E-state index >= 15 is 0 Å². The molecule has 2 aromatic carbocycles. The normalized spacial score (nSPS) is 10.0. The lowest BCUT2D eigenvalue weighted by atomic mass is 10.1. The SMILES string of the molecule is O=C(SCc1ccccc1)C(=O)c1ccccc1. The number of rotatable bonds is 4. The van der Waals surface area contributed by atoms with Crippen LogP contribution in [0, 0.1) is 0 Å². The van der Waals surface area contributed by atoms with Gasteiger partial charge in [-0.05, 0) is 5.56 Å². The van der Waals surface area contributed by atoms with Crippen LogP contribution >= 0.6 is 11.8 Å². The first kappa shape index (κ1) is 12.6. The van der Waals surface area contributed by atoms with Gasteiger partial charge >= 0.3 is 0 Å². The molecule has 2 rings (SSSR count). The van der Waals surface area contributed by atoms with Crippen LogP contribution in [0.25, 0.3) is 0 Å². The minimum Gasteiger partial charge on any atom is -0.284 e.